The fraction of sp³-hybridized carbons (Fsp3) is 0.385. The Morgan fingerprint density at radius 1 is 1.45 bits per heavy atom. The molecular weight excluding hydrogens is 298 g/mol. The molecule has 3 heterocycles. The second-order valence-electron chi connectivity index (χ2n) is 5.12. The van der Waals surface area contributed by atoms with Crippen LogP contribution in [0, 0.1) is 5.92 Å². The normalized spacial score (nSPS) is 18.8. The van der Waals surface area contributed by atoms with Crippen LogP contribution in [-0.4, -0.2) is 45.0 Å². The van der Waals surface area contributed by atoms with Crippen LogP contribution in [-0.2, 0) is 4.79 Å². The van der Waals surface area contributed by atoms with Gasteiger partial charge in [-0.25, -0.2) is 14.8 Å². The van der Waals surface area contributed by atoms with Gasteiger partial charge in [-0.3, -0.25) is 4.79 Å². The molecule has 7 nitrogen and oxygen atoms in total. The number of H-pyrrole nitrogens is 1. The Labute approximate surface area is 122 Å². The van der Waals surface area contributed by atoms with Gasteiger partial charge in [-0.1, -0.05) is 0 Å². The molecule has 0 aliphatic carbocycles. The van der Waals surface area contributed by atoms with Gasteiger partial charge in [0.1, 0.15) is 5.52 Å². The number of rotatable bonds is 3. The van der Waals surface area contributed by atoms with Crippen LogP contribution in [0.5, 0.6) is 0 Å². The second-order valence-corrected chi connectivity index (χ2v) is 5.12. The summed E-state index contributed by atoms with van der Waals surface area (Å²) in [6.45, 7) is 0.0774. The van der Waals surface area contributed by atoms with Gasteiger partial charge in [-0.15, -0.1) is 0 Å². The highest BCUT2D eigenvalue weighted by atomic mass is 19.3. The van der Waals surface area contributed by atoms with Crippen LogP contribution >= 0.6 is 0 Å². The van der Waals surface area contributed by atoms with Gasteiger partial charge >= 0.3 is 11.9 Å². The molecule has 9 heteroatoms. The lowest BCUT2D eigenvalue weighted by Gasteiger charge is -2.21. The molecule has 0 saturated carbocycles. The largest absolute Gasteiger partial charge is 0.477 e. The second kappa shape index (κ2) is 5.00. The van der Waals surface area contributed by atoms with E-state index in [9.17, 15) is 18.4 Å². The molecule has 2 N–H and O–H groups in total. The van der Waals surface area contributed by atoms with Crippen molar-refractivity contribution in [2.75, 3.05) is 18.0 Å². The molecule has 2 aromatic heterocycles. The zero-order chi connectivity index (χ0) is 15.9. The van der Waals surface area contributed by atoms with E-state index in [2.05, 4.69) is 15.0 Å². The van der Waals surface area contributed by atoms with E-state index in [4.69, 9.17) is 5.11 Å². The van der Waals surface area contributed by atoms with Crippen LogP contribution in [0.4, 0.5) is 14.6 Å². The summed E-state index contributed by atoms with van der Waals surface area (Å²) >= 11 is 0. The summed E-state index contributed by atoms with van der Waals surface area (Å²) in [6, 6.07) is 1.49. The van der Waals surface area contributed by atoms with Crippen LogP contribution in [0.15, 0.2) is 23.4 Å². The van der Waals surface area contributed by atoms with E-state index in [-0.39, 0.29) is 25.1 Å². The summed E-state index contributed by atoms with van der Waals surface area (Å²) in [7, 11) is 0. The predicted octanol–water partition coefficient (Wildman–Crippen LogP) is 0.864. The molecule has 1 saturated heterocycles. The van der Waals surface area contributed by atoms with Crippen LogP contribution in [0.25, 0.3) is 10.9 Å². The molecule has 0 bridgehead atoms. The topological polar surface area (TPSA) is 99.2 Å². The van der Waals surface area contributed by atoms with Crippen molar-refractivity contribution in [1.29, 1.82) is 0 Å². The van der Waals surface area contributed by atoms with Gasteiger partial charge in [-0.05, 0) is 12.5 Å². The van der Waals surface area contributed by atoms with Gasteiger partial charge in [0.25, 0.3) is 5.56 Å². The minimum absolute atomic E-state index is 0.0283. The van der Waals surface area contributed by atoms with Crippen molar-refractivity contribution in [3.8, 4) is 0 Å². The first-order chi connectivity index (χ1) is 10.4. The number of carboxylic acid groups (broad SMARTS) is 1. The first kappa shape index (κ1) is 14.4. The average Bonchev–Trinajstić information content (AvgIpc) is 2.97. The van der Waals surface area contributed by atoms with E-state index in [1.165, 1.54) is 23.5 Å². The number of hydrogen-bond donors (Lipinski definition) is 2. The monoisotopic (exact) mass is 310 g/mol. The van der Waals surface area contributed by atoms with Gasteiger partial charge < -0.3 is 15.0 Å². The quantitative estimate of drug-likeness (QED) is 0.872. The molecule has 0 amide bonds. The molecule has 1 fully saturated rings. The molecule has 0 aromatic carbocycles. The molecule has 3 rings (SSSR count). The lowest BCUT2D eigenvalue weighted by atomic mass is 10.0. The van der Waals surface area contributed by atoms with Gasteiger partial charge in [0.2, 0.25) is 0 Å². The molecule has 1 aliphatic rings. The predicted molar refractivity (Wildman–Crippen MR) is 73.1 cm³/mol. The van der Waals surface area contributed by atoms with E-state index in [1.807, 2.05) is 0 Å². The number of nitrogens with one attached hydrogen (secondary N) is 1. The number of hydrogen-bond acceptors (Lipinski definition) is 5. The highest BCUT2D eigenvalue weighted by Gasteiger charge is 2.50. The Balaban J connectivity index is 1.96. The minimum Gasteiger partial charge on any atom is -0.477 e. The molecule has 0 spiro atoms. The van der Waals surface area contributed by atoms with Crippen molar-refractivity contribution in [1.82, 2.24) is 15.0 Å². The minimum atomic E-state index is -3.79. The maximum atomic E-state index is 13.6. The molecule has 2 aromatic rings. The highest BCUT2D eigenvalue weighted by molar-refractivity contribution is 5.87. The van der Waals surface area contributed by atoms with Gasteiger partial charge in [-0.2, -0.15) is 8.78 Å². The van der Waals surface area contributed by atoms with Crippen LogP contribution < -0.4 is 10.5 Å². The molecular formula is C13H12F2N4O3. The summed E-state index contributed by atoms with van der Waals surface area (Å²) in [5.74, 6) is -6.90. The van der Waals surface area contributed by atoms with E-state index in [0.29, 0.717) is 16.7 Å². The number of halogens is 2. The van der Waals surface area contributed by atoms with Crippen molar-refractivity contribution in [3.63, 3.8) is 0 Å². The molecule has 1 aliphatic heterocycles. The fourth-order valence-corrected chi connectivity index (χ4v) is 2.64. The van der Waals surface area contributed by atoms with Crippen molar-refractivity contribution in [2.24, 2.45) is 5.92 Å². The smallest absolute Gasteiger partial charge is 0.374 e. The zero-order valence-corrected chi connectivity index (χ0v) is 11.3. The number of carboxylic acids is 1. The summed E-state index contributed by atoms with van der Waals surface area (Å²) in [4.78, 5) is 34.5. The highest BCUT2D eigenvalue weighted by Crippen LogP contribution is 2.35. The maximum Gasteiger partial charge on any atom is 0.374 e. The number of pyridine rings is 1. The third-order valence-electron chi connectivity index (χ3n) is 3.82. The zero-order valence-electron chi connectivity index (χ0n) is 11.3. The number of aromatic amines is 1. The molecule has 1 unspecified atom stereocenters. The number of carbonyl (C=O) groups is 1. The van der Waals surface area contributed by atoms with E-state index < -0.39 is 17.8 Å². The van der Waals surface area contributed by atoms with Crippen molar-refractivity contribution in [2.45, 2.75) is 12.3 Å². The Bertz CT molecular complexity index is 792. The summed E-state index contributed by atoms with van der Waals surface area (Å²) in [6.07, 6.45) is 2.65. The first-order valence-corrected chi connectivity index (χ1v) is 6.60. The summed E-state index contributed by atoms with van der Waals surface area (Å²) in [5, 5.41) is 8.93. The fourth-order valence-electron chi connectivity index (χ4n) is 2.64. The number of anilines is 1. The van der Waals surface area contributed by atoms with E-state index in [1.54, 1.807) is 0 Å². The summed E-state index contributed by atoms with van der Waals surface area (Å²) in [5.41, 5.74) is -0.0363. The molecule has 22 heavy (non-hydrogen) atoms. The standard InChI is InChI=1S/C13H12F2N4O3/c14-13(15,12(21)22)7-2-4-19(5-7)10-9-8(1-3-16-10)11(20)18-6-17-9/h1,3,6-7H,2,4-5H2,(H,21,22)(H,17,18,20). The van der Waals surface area contributed by atoms with Crippen LogP contribution in [0.1, 0.15) is 6.42 Å². The number of aliphatic carboxylic acids is 1. The molecule has 116 valence electrons. The molecule has 0 radical (unpaired) electrons. The molecule has 1 atom stereocenters. The van der Waals surface area contributed by atoms with Crippen LogP contribution in [0.3, 0.4) is 0 Å². The van der Waals surface area contributed by atoms with Gasteiger partial charge in [0.05, 0.1) is 17.6 Å². The number of aromatic nitrogens is 3. The Hall–Kier alpha value is -2.58. The number of fused-ring (bicyclic) bond motifs is 1. The number of nitrogens with zero attached hydrogens (tertiary/aromatic N) is 3. The third-order valence-corrected chi connectivity index (χ3v) is 3.82. The lowest BCUT2D eigenvalue weighted by molar-refractivity contribution is -0.172. The first-order valence-electron chi connectivity index (χ1n) is 6.60. The van der Waals surface area contributed by atoms with E-state index >= 15 is 0 Å². The SMILES string of the molecule is O=C(O)C(F)(F)C1CCN(c2nccc3c(=O)[nH]cnc23)C1. The number of alkyl halides is 2. The van der Waals surface area contributed by atoms with E-state index in [0.717, 1.165) is 0 Å². The Morgan fingerprint density at radius 2 is 2.23 bits per heavy atom. The van der Waals surface area contributed by atoms with Crippen molar-refractivity contribution < 1.29 is 18.7 Å². The van der Waals surface area contributed by atoms with Gasteiger partial charge in [0.15, 0.2) is 5.82 Å². The maximum absolute atomic E-state index is 13.6. The summed E-state index contributed by atoms with van der Waals surface area (Å²) < 4.78 is 27.2. The average molecular weight is 310 g/mol. The Kier molecular flexibility index (Phi) is 3.27. The van der Waals surface area contributed by atoms with Crippen LogP contribution in [0.2, 0.25) is 0 Å². The van der Waals surface area contributed by atoms with Gasteiger partial charge in [0, 0.05) is 19.3 Å². The van der Waals surface area contributed by atoms with Crippen molar-refractivity contribution in [3.05, 3.63) is 28.9 Å². The Morgan fingerprint density at radius 3 is 2.95 bits per heavy atom. The van der Waals surface area contributed by atoms with Crippen molar-refractivity contribution >= 4 is 22.7 Å². The third kappa shape index (κ3) is 2.18. The lowest BCUT2D eigenvalue weighted by Crippen LogP contribution is -2.38.